The summed E-state index contributed by atoms with van der Waals surface area (Å²) in [5, 5.41) is 0. The summed E-state index contributed by atoms with van der Waals surface area (Å²) in [4.78, 5) is 40.1. The summed E-state index contributed by atoms with van der Waals surface area (Å²) in [5.74, 6) is 0.368. The lowest BCUT2D eigenvalue weighted by Crippen LogP contribution is -2.57. The van der Waals surface area contributed by atoms with Crippen LogP contribution in [0.2, 0.25) is 0 Å². The van der Waals surface area contributed by atoms with Gasteiger partial charge in [0.05, 0.1) is 7.11 Å². The number of methoxy groups -OCH3 is 1. The van der Waals surface area contributed by atoms with Gasteiger partial charge >= 0.3 is 0 Å². The highest BCUT2D eigenvalue weighted by Gasteiger charge is 2.36. The van der Waals surface area contributed by atoms with Crippen LogP contribution < -0.4 is 15.1 Å². The van der Waals surface area contributed by atoms with E-state index in [0.717, 1.165) is 11.8 Å². The summed E-state index contributed by atoms with van der Waals surface area (Å²) in [6, 6.07) is 8.98. The molecule has 7 nitrogen and oxygen atoms in total. The first-order chi connectivity index (χ1) is 12.4. The Hall–Kier alpha value is -3.09. The summed E-state index contributed by atoms with van der Waals surface area (Å²) in [6.45, 7) is 3.98. The minimum absolute atomic E-state index is 0.0486. The van der Waals surface area contributed by atoms with E-state index < -0.39 is 11.9 Å². The number of aryl methyl sites for hydroxylation is 1. The van der Waals surface area contributed by atoms with E-state index in [9.17, 15) is 14.4 Å². The predicted molar refractivity (Wildman–Crippen MR) is 95.6 cm³/mol. The molecule has 0 N–H and O–H groups in total. The molecule has 0 saturated carbocycles. The zero-order chi connectivity index (χ0) is 18.8. The van der Waals surface area contributed by atoms with E-state index >= 15 is 0 Å². The maximum Gasteiger partial charge on any atom is 0.290 e. The number of anilines is 1. The van der Waals surface area contributed by atoms with Crippen molar-refractivity contribution >= 4 is 17.5 Å². The fourth-order valence-electron chi connectivity index (χ4n) is 3.02. The van der Waals surface area contributed by atoms with Crippen molar-refractivity contribution in [2.75, 3.05) is 25.1 Å². The molecule has 2 heterocycles. The van der Waals surface area contributed by atoms with Crippen LogP contribution in [0.1, 0.15) is 23.2 Å². The molecule has 0 radical (unpaired) electrons. The molecular weight excluding hydrogens is 336 g/mol. The van der Waals surface area contributed by atoms with Gasteiger partial charge in [0, 0.05) is 30.9 Å². The largest absolute Gasteiger partial charge is 0.497 e. The molecule has 0 spiro atoms. The highest BCUT2D eigenvalue weighted by atomic mass is 16.5. The van der Waals surface area contributed by atoms with E-state index in [1.807, 2.05) is 0 Å². The Morgan fingerprint density at radius 1 is 1.15 bits per heavy atom. The zero-order valence-corrected chi connectivity index (χ0v) is 14.9. The first kappa shape index (κ1) is 17.7. The van der Waals surface area contributed by atoms with Crippen LogP contribution in [-0.2, 0) is 4.79 Å². The molecule has 1 saturated heterocycles. The Morgan fingerprint density at radius 2 is 1.85 bits per heavy atom. The van der Waals surface area contributed by atoms with E-state index in [2.05, 4.69) is 0 Å². The van der Waals surface area contributed by atoms with E-state index in [0.29, 0.717) is 24.6 Å². The Balaban J connectivity index is 1.80. The number of benzene rings is 1. The molecule has 1 aromatic carbocycles. The Kier molecular flexibility index (Phi) is 4.79. The third kappa shape index (κ3) is 3.33. The number of ether oxygens (including phenoxy) is 1. The van der Waals surface area contributed by atoms with Gasteiger partial charge in [-0.05, 0) is 38.1 Å². The zero-order valence-electron chi connectivity index (χ0n) is 14.9. The Labute approximate surface area is 150 Å². The Morgan fingerprint density at radius 3 is 2.46 bits per heavy atom. The Bertz CT molecular complexity index is 888. The molecular formula is C19H20N2O5. The summed E-state index contributed by atoms with van der Waals surface area (Å²) in [5.41, 5.74) is 0.449. The molecule has 1 fully saturated rings. The van der Waals surface area contributed by atoms with E-state index in [4.69, 9.17) is 9.15 Å². The number of hydrogen-bond acceptors (Lipinski definition) is 5. The van der Waals surface area contributed by atoms with Crippen molar-refractivity contribution in [1.82, 2.24) is 4.90 Å². The maximum absolute atomic E-state index is 12.8. The molecule has 1 aromatic heterocycles. The number of carbonyl (C=O) groups is 2. The van der Waals surface area contributed by atoms with Crippen LogP contribution in [0, 0.1) is 6.92 Å². The van der Waals surface area contributed by atoms with Crippen molar-refractivity contribution in [3.8, 4) is 5.75 Å². The SMILES string of the molecule is COc1ccc(N2CCN(C(=O)c3cc(=O)cc(C)o3)[C@H](C)C2=O)cc1. The van der Waals surface area contributed by atoms with Crippen LogP contribution >= 0.6 is 0 Å². The smallest absolute Gasteiger partial charge is 0.290 e. The second-order valence-electron chi connectivity index (χ2n) is 6.13. The van der Waals surface area contributed by atoms with Gasteiger partial charge < -0.3 is 19.0 Å². The molecule has 2 amide bonds. The molecule has 0 aliphatic carbocycles. The standard InChI is InChI=1S/C19H20N2O5/c1-12-10-15(22)11-17(26-12)19(24)20-8-9-21(18(23)13(20)2)14-4-6-16(25-3)7-5-14/h4-7,10-11,13H,8-9H2,1-3H3/t13-/m1/s1. The average Bonchev–Trinajstić information content (AvgIpc) is 2.63. The quantitative estimate of drug-likeness (QED) is 0.838. The van der Waals surface area contributed by atoms with Crippen molar-refractivity contribution < 1.29 is 18.7 Å². The lowest BCUT2D eigenvalue weighted by atomic mass is 10.1. The molecule has 3 rings (SSSR count). The summed E-state index contributed by atoms with van der Waals surface area (Å²) in [7, 11) is 1.58. The lowest BCUT2D eigenvalue weighted by molar-refractivity contribution is -0.124. The second-order valence-corrected chi connectivity index (χ2v) is 6.13. The number of nitrogens with zero attached hydrogens (tertiary/aromatic N) is 2. The minimum atomic E-state index is -0.663. The van der Waals surface area contributed by atoms with Crippen molar-refractivity contribution in [3.05, 3.63) is 58.1 Å². The second kappa shape index (κ2) is 7.03. The number of amides is 2. The summed E-state index contributed by atoms with van der Waals surface area (Å²) < 4.78 is 10.5. The van der Waals surface area contributed by atoms with E-state index in [1.54, 1.807) is 50.1 Å². The van der Waals surface area contributed by atoms with Crippen molar-refractivity contribution in [2.24, 2.45) is 0 Å². The van der Waals surface area contributed by atoms with Crippen LogP contribution in [-0.4, -0.2) is 43.0 Å². The first-order valence-electron chi connectivity index (χ1n) is 8.29. The topological polar surface area (TPSA) is 80.1 Å². The van der Waals surface area contributed by atoms with Crippen molar-refractivity contribution in [1.29, 1.82) is 0 Å². The maximum atomic E-state index is 12.8. The highest BCUT2D eigenvalue weighted by molar-refractivity contribution is 6.02. The van der Waals surface area contributed by atoms with Crippen LogP contribution in [0.3, 0.4) is 0 Å². The highest BCUT2D eigenvalue weighted by Crippen LogP contribution is 2.24. The molecule has 0 unspecified atom stereocenters. The van der Waals surface area contributed by atoms with Gasteiger partial charge in [-0.3, -0.25) is 14.4 Å². The number of piperazine rings is 1. The van der Waals surface area contributed by atoms with E-state index in [1.165, 1.54) is 11.0 Å². The number of hydrogen-bond donors (Lipinski definition) is 0. The van der Waals surface area contributed by atoms with Gasteiger partial charge in [-0.2, -0.15) is 0 Å². The number of rotatable bonds is 3. The molecule has 1 aliphatic rings. The fourth-order valence-corrected chi connectivity index (χ4v) is 3.02. The normalized spacial score (nSPS) is 17.3. The van der Waals surface area contributed by atoms with E-state index in [-0.39, 0.29) is 17.1 Å². The van der Waals surface area contributed by atoms with Gasteiger partial charge in [0.15, 0.2) is 11.2 Å². The molecule has 1 aliphatic heterocycles. The van der Waals surface area contributed by atoms with Crippen LogP contribution in [0.15, 0.2) is 45.6 Å². The molecule has 26 heavy (non-hydrogen) atoms. The van der Waals surface area contributed by atoms with Gasteiger partial charge in [0.1, 0.15) is 17.6 Å². The monoisotopic (exact) mass is 356 g/mol. The van der Waals surface area contributed by atoms with Gasteiger partial charge in [0.2, 0.25) is 5.91 Å². The third-order valence-electron chi connectivity index (χ3n) is 4.40. The fraction of sp³-hybridized carbons (Fsp3) is 0.316. The minimum Gasteiger partial charge on any atom is -0.497 e. The van der Waals surface area contributed by atoms with Gasteiger partial charge in [-0.15, -0.1) is 0 Å². The first-order valence-corrected chi connectivity index (χ1v) is 8.29. The summed E-state index contributed by atoms with van der Waals surface area (Å²) in [6.07, 6.45) is 0. The van der Waals surface area contributed by atoms with Gasteiger partial charge in [0.25, 0.3) is 5.91 Å². The average molecular weight is 356 g/mol. The summed E-state index contributed by atoms with van der Waals surface area (Å²) >= 11 is 0. The molecule has 0 bridgehead atoms. The van der Waals surface area contributed by atoms with Crippen LogP contribution in [0.25, 0.3) is 0 Å². The molecule has 7 heteroatoms. The van der Waals surface area contributed by atoms with Gasteiger partial charge in [-0.25, -0.2) is 0 Å². The van der Waals surface area contributed by atoms with Crippen molar-refractivity contribution in [2.45, 2.75) is 19.9 Å². The molecule has 136 valence electrons. The predicted octanol–water partition coefficient (Wildman–Crippen LogP) is 1.83. The third-order valence-corrected chi connectivity index (χ3v) is 4.40. The van der Waals surface area contributed by atoms with Crippen molar-refractivity contribution in [3.63, 3.8) is 0 Å². The number of carbonyl (C=O) groups excluding carboxylic acids is 2. The van der Waals surface area contributed by atoms with Crippen LogP contribution in [0.4, 0.5) is 5.69 Å². The van der Waals surface area contributed by atoms with Crippen LogP contribution in [0.5, 0.6) is 5.75 Å². The molecule has 1 atom stereocenters. The molecule has 2 aromatic rings. The van der Waals surface area contributed by atoms with Gasteiger partial charge in [-0.1, -0.05) is 0 Å². The lowest BCUT2D eigenvalue weighted by Gasteiger charge is -2.38.